The van der Waals surface area contributed by atoms with E-state index >= 15 is 0 Å². The van der Waals surface area contributed by atoms with Gasteiger partial charge in [-0.15, -0.1) is 0 Å². The van der Waals surface area contributed by atoms with Crippen molar-refractivity contribution in [2.24, 2.45) is 0 Å². The molecule has 0 bridgehead atoms. The first-order valence-corrected chi connectivity index (χ1v) is 9.04. The number of carboxylic acids is 1. The zero-order chi connectivity index (χ0) is 18.8. The number of phenolic OH excluding ortho intramolecular Hbond substituents is 2. The predicted molar refractivity (Wildman–Crippen MR) is 100 cm³/mol. The van der Waals surface area contributed by atoms with Crippen LogP contribution in [0, 0.1) is 0 Å². The molecule has 0 unspecified atom stereocenters. The van der Waals surface area contributed by atoms with Crippen molar-refractivity contribution in [3.05, 3.63) is 53.6 Å². The van der Waals surface area contributed by atoms with Crippen LogP contribution in [0.1, 0.15) is 54.4 Å². The lowest BCUT2D eigenvalue weighted by Gasteiger charge is -2.08. The van der Waals surface area contributed by atoms with E-state index in [9.17, 15) is 15.0 Å². The van der Waals surface area contributed by atoms with E-state index in [0.29, 0.717) is 12.4 Å². The number of hydrogen-bond donors (Lipinski definition) is 3. The number of aromatic hydroxyl groups is 2. The normalized spacial score (nSPS) is 10.6. The number of hydrogen-bond acceptors (Lipinski definition) is 4. The van der Waals surface area contributed by atoms with Gasteiger partial charge in [0.25, 0.3) is 0 Å². The summed E-state index contributed by atoms with van der Waals surface area (Å²) in [6, 6.07) is 11.7. The Balaban J connectivity index is 1.53. The first-order valence-electron chi connectivity index (χ1n) is 9.04. The molecule has 5 heteroatoms. The molecule has 2 rings (SSSR count). The van der Waals surface area contributed by atoms with Crippen molar-refractivity contribution in [1.29, 1.82) is 0 Å². The summed E-state index contributed by atoms with van der Waals surface area (Å²) in [5.74, 6) is -0.686. The SMILES string of the molecule is O=C(O)c1ccccc1OCCCCCCCCc1ccc(O)c(O)c1. The second-order valence-electron chi connectivity index (χ2n) is 6.34. The number of rotatable bonds is 11. The molecule has 5 nitrogen and oxygen atoms in total. The van der Waals surface area contributed by atoms with Crippen LogP contribution in [0.4, 0.5) is 0 Å². The zero-order valence-electron chi connectivity index (χ0n) is 14.9. The summed E-state index contributed by atoms with van der Waals surface area (Å²) in [5.41, 5.74) is 1.23. The van der Waals surface area contributed by atoms with Crippen LogP contribution in [-0.4, -0.2) is 27.9 Å². The van der Waals surface area contributed by atoms with Crippen LogP contribution in [-0.2, 0) is 6.42 Å². The molecule has 26 heavy (non-hydrogen) atoms. The molecule has 0 saturated heterocycles. The van der Waals surface area contributed by atoms with E-state index in [2.05, 4.69) is 0 Å². The lowest BCUT2D eigenvalue weighted by atomic mass is 10.0. The van der Waals surface area contributed by atoms with Gasteiger partial charge in [0.15, 0.2) is 11.5 Å². The molecule has 0 saturated carbocycles. The summed E-state index contributed by atoms with van der Waals surface area (Å²) in [6.45, 7) is 0.525. The van der Waals surface area contributed by atoms with Crippen LogP contribution in [0.15, 0.2) is 42.5 Å². The first kappa shape index (κ1) is 19.6. The monoisotopic (exact) mass is 358 g/mol. The molecule has 0 spiro atoms. The fourth-order valence-electron chi connectivity index (χ4n) is 2.81. The van der Waals surface area contributed by atoms with Crippen molar-refractivity contribution >= 4 is 5.97 Å². The van der Waals surface area contributed by atoms with Crippen molar-refractivity contribution in [3.8, 4) is 17.2 Å². The van der Waals surface area contributed by atoms with Gasteiger partial charge in [-0.25, -0.2) is 4.79 Å². The molecule has 0 aliphatic carbocycles. The number of phenols is 2. The van der Waals surface area contributed by atoms with E-state index in [4.69, 9.17) is 9.84 Å². The number of ether oxygens (including phenoxy) is 1. The molecule has 0 heterocycles. The maximum Gasteiger partial charge on any atom is 0.339 e. The van der Waals surface area contributed by atoms with E-state index < -0.39 is 5.97 Å². The van der Waals surface area contributed by atoms with E-state index in [1.165, 1.54) is 6.07 Å². The number of para-hydroxylation sites is 1. The van der Waals surface area contributed by atoms with Gasteiger partial charge in [0.05, 0.1) is 6.61 Å². The third-order valence-electron chi connectivity index (χ3n) is 4.27. The van der Waals surface area contributed by atoms with Crippen molar-refractivity contribution < 1.29 is 24.9 Å². The fourth-order valence-corrected chi connectivity index (χ4v) is 2.81. The molecule has 140 valence electrons. The largest absolute Gasteiger partial charge is 0.504 e. The Kier molecular flexibility index (Phi) is 7.80. The number of benzene rings is 2. The smallest absolute Gasteiger partial charge is 0.339 e. The van der Waals surface area contributed by atoms with Crippen molar-refractivity contribution in [2.75, 3.05) is 6.61 Å². The maximum atomic E-state index is 11.1. The predicted octanol–water partition coefficient (Wildman–Crippen LogP) is 4.76. The summed E-state index contributed by atoms with van der Waals surface area (Å²) < 4.78 is 5.58. The molecule has 0 aliphatic heterocycles. The average molecular weight is 358 g/mol. The van der Waals surface area contributed by atoms with Crippen molar-refractivity contribution in [3.63, 3.8) is 0 Å². The molecule has 0 amide bonds. The van der Waals surface area contributed by atoms with Crippen LogP contribution >= 0.6 is 0 Å². The summed E-state index contributed by atoms with van der Waals surface area (Å²) in [6.07, 6.45) is 7.26. The molecular formula is C21H26O5. The van der Waals surface area contributed by atoms with E-state index in [0.717, 1.165) is 50.5 Å². The van der Waals surface area contributed by atoms with Gasteiger partial charge in [-0.05, 0) is 49.1 Å². The van der Waals surface area contributed by atoms with E-state index in [1.54, 1.807) is 30.3 Å². The number of carbonyl (C=O) groups is 1. The Hall–Kier alpha value is -2.69. The van der Waals surface area contributed by atoms with Crippen molar-refractivity contribution in [2.45, 2.75) is 44.9 Å². The number of carboxylic acid groups (broad SMARTS) is 1. The van der Waals surface area contributed by atoms with E-state index in [-0.39, 0.29) is 17.1 Å². The highest BCUT2D eigenvalue weighted by atomic mass is 16.5. The third-order valence-corrected chi connectivity index (χ3v) is 4.27. The van der Waals surface area contributed by atoms with Gasteiger partial charge in [-0.3, -0.25) is 0 Å². The topological polar surface area (TPSA) is 87.0 Å². The molecule has 3 N–H and O–H groups in total. The third kappa shape index (κ3) is 6.31. The van der Waals surface area contributed by atoms with Crippen LogP contribution in [0.2, 0.25) is 0 Å². The Morgan fingerprint density at radius 2 is 1.54 bits per heavy atom. The summed E-state index contributed by atoms with van der Waals surface area (Å²) >= 11 is 0. The van der Waals surface area contributed by atoms with Crippen LogP contribution < -0.4 is 4.74 Å². The number of unbranched alkanes of at least 4 members (excludes halogenated alkanes) is 5. The summed E-state index contributed by atoms with van der Waals surface area (Å²) in [4.78, 5) is 11.1. The Labute approximate surface area is 153 Å². The molecule has 0 fully saturated rings. The van der Waals surface area contributed by atoms with Gasteiger partial charge < -0.3 is 20.1 Å². The second-order valence-corrected chi connectivity index (χ2v) is 6.34. The van der Waals surface area contributed by atoms with Gasteiger partial charge in [0.2, 0.25) is 0 Å². The lowest BCUT2D eigenvalue weighted by Crippen LogP contribution is -2.04. The van der Waals surface area contributed by atoms with Crippen LogP contribution in [0.25, 0.3) is 0 Å². The standard InChI is InChI=1S/C21H26O5/c22-18-13-12-16(15-19(18)23)9-5-3-1-2-4-8-14-26-20-11-7-6-10-17(20)21(24)25/h6-7,10-13,15,22-23H,1-5,8-9,14H2,(H,24,25). The molecule has 0 aromatic heterocycles. The second kappa shape index (κ2) is 10.3. The Morgan fingerprint density at radius 1 is 0.846 bits per heavy atom. The number of aryl methyl sites for hydroxylation is 1. The molecule has 0 atom stereocenters. The fraction of sp³-hybridized carbons (Fsp3) is 0.381. The number of aromatic carboxylic acids is 1. The van der Waals surface area contributed by atoms with Gasteiger partial charge in [0.1, 0.15) is 11.3 Å². The quantitative estimate of drug-likeness (QED) is 0.398. The van der Waals surface area contributed by atoms with Gasteiger partial charge in [-0.2, -0.15) is 0 Å². The van der Waals surface area contributed by atoms with Crippen LogP contribution in [0.3, 0.4) is 0 Å². The van der Waals surface area contributed by atoms with Gasteiger partial charge in [-0.1, -0.05) is 43.9 Å². The maximum absolute atomic E-state index is 11.1. The highest BCUT2D eigenvalue weighted by Gasteiger charge is 2.09. The van der Waals surface area contributed by atoms with Gasteiger partial charge >= 0.3 is 5.97 Å². The average Bonchev–Trinajstić information content (AvgIpc) is 2.63. The van der Waals surface area contributed by atoms with Crippen LogP contribution in [0.5, 0.6) is 17.2 Å². The minimum atomic E-state index is -0.970. The summed E-state index contributed by atoms with van der Waals surface area (Å²) in [7, 11) is 0. The zero-order valence-corrected chi connectivity index (χ0v) is 14.9. The minimum Gasteiger partial charge on any atom is -0.504 e. The highest BCUT2D eigenvalue weighted by molar-refractivity contribution is 5.90. The molecule has 0 aliphatic rings. The van der Waals surface area contributed by atoms with E-state index in [1.807, 2.05) is 6.07 Å². The lowest BCUT2D eigenvalue weighted by molar-refractivity contribution is 0.0692. The summed E-state index contributed by atoms with van der Waals surface area (Å²) in [5, 5.41) is 27.8. The minimum absolute atomic E-state index is 0.0630. The molecule has 0 radical (unpaired) electrons. The Morgan fingerprint density at radius 3 is 2.27 bits per heavy atom. The highest BCUT2D eigenvalue weighted by Crippen LogP contribution is 2.25. The first-order chi connectivity index (χ1) is 12.6. The Bertz CT molecular complexity index is 711. The van der Waals surface area contributed by atoms with Gasteiger partial charge in [0, 0.05) is 0 Å². The molecule has 2 aromatic carbocycles. The molecular weight excluding hydrogens is 332 g/mol. The molecule has 2 aromatic rings. The van der Waals surface area contributed by atoms with Crippen molar-refractivity contribution in [1.82, 2.24) is 0 Å².